The number of aryl methyl sites for hydroxylation is 1. The van der Waals surface area contributed by atoms with E-state index in [1.807, 2.05) is 18.2 Å². The number of anilines is 1. The third-order valence-electron chi connectivity index (χ3n) is 3.93. The van der Waals surface area contributed by atoms with Crippen LogP contribution in [0.5, 0.6) is 0 Å². The molecule has 0 fully saturated rings. The normalized spacial score (nSPS) is 11.9. The summed E-state index contributed by atoms with van der Waals surface area (Å²) in [5.74, 6) is -1.14. The number of pyridine rings is 1. The van der Waals surface area contributed by atoms with E-state index in [9.17, 15) is 9.59 Å². The number of carbonyl (C=O) groups is 2. The van der Waals surface area contributed by atoms with E-state index < -0.39 is 18.0 Å². The Morgan fingerprint density at radius 2 is 1.74 bits per heavy atom. The van der Waals surface area contributed by atoms with E-state index >= 15 is 0 Å². The molecular formula is C20H16Cl2N2O3. The van der Waals surface area contributed by atoms with Gasteiger partial charge in [-0.05, 0) is 38.1 Å². The fraction of sp³-hybridized carbons (Fsp3) is 0.150. The lowest BCUT2D eigenvalue weighted by Crippen LogP contribution is -2.30. The van der Waals surface area contributed by atoms with Gasteiger partial charge in [0.05, 0.1) is 26.8 Å². The molecule has 7 heteroatoms. The molecule has 1 atom stereocenters. The second kappa shape index (κ2) is 7.94. The van der Waals surface area contributed by atoms with Gasteiger partial charge in [0.25, 0.3) is 5.91 Å². The maximum atomic E-state index is 12.6. The van der Waals surface area contributed by atoms with E-state index in [4.69, 9.17) is 27.9 Å². The number of nitrogens with one attached hydrogen (secondary N) is 1. The molecule has 0 unspecified atom stereocenters. The molecule has 0 saturated heterocycles. The number of benzene rings is 2. The average molecular weight is 403 g/mol. The van der Waals surface area contributed by atoms with E-state index in [1.54, 1.807) is 37.3 Å². The SMILES string of the molecule is Cc1cc(C(=O)O[C@@H](C)C(=O)Nc2c(Cl)cccc2Cl)c2ccccc2n1. The number of esters is 1. The van der Waals surface area contributed by atoms with Crippen LogP contribution < -0.4 is 5.32 Å². The van der Waals surface area contributed by atoms with Gasteiger partial charge in [-0.2, -0.15) is 0 Å². The molecule has 0 aliphatic carbocycles. The molecule has 0 spiro atoms. The molecule has 2 aromatic carbocycles. The van der Waals surface area contributed by atoms with Crippen LogP contribution in [-0.4, -0.2) is 23.0 Å². The van der Waals surface area contributed by atoms with Crippen LogP contribution in [0.1, 0.15) is 23.0 Å². The van der Waals surface area contributed by atoms with E-state index in [0.29, 0.717) is 32.2 Å². The zero-order valence-corrected chi connectivity index (χ0v) is 16.1. The van der Waals surface area contributed by atoms with Gasteiger partial charge in [-0.3, -0.25) is 9.78 Å². The Bertz CT molecular complexity index is 1020. The van der Waals surface area contributed by atoms with Gasteiger partial charge in [0.15, 0.2) is 6.10 Å². The summed E-state index contributed by atoms with van der Waals surface area (Å²) in [6.45, 7) is 3.27. The van der Waals surface area contributed by atoms with Crippen LogP contribution in [0.3, 0.4) is 0 Å². The topological polar surface area (TPSA) is 68.3 Å². The third kappa shape index (κ3) is 4.21. The van der Waals surface area contributed by atoms with Crippen molar-refractivity contribution in [2.24, 2.45) is 0 Å². The van der Waals surface area contributed by atoms with Crippen LogP contribution in [0.4, 0.5) is 5.69 Å². The Kier molecular flexibility index (Phi) is 5.63. The predicted molar refractivity (Wildman–Crippen MR) is 106 cm³/mol. The van der Waals surface area contributed by atoms with Crippen molar-refractivity contribution in [1.82, 2.24) is 4.98 Å². The van der Waals surface area contributed by atoms with Crippen molar-refractivity contribution in [1.29, 1.82) is 0 Å². The number of halogens is 2. The van der Waals surface area contributed by atoms with Gasteiger partial charge in [0.1, 0.15) is 0 Å². The van der Waals surface area contributed by atoms with Crippen molar-refractivity contribution in [3.8, 4) is 0 Å². The van der Waals surface area contributed by atoms with Gasteiger partial charge in [0, 0.05) is 11.1 Å². The number of amides is 1. The van der Waals surface area contributed by atoms with Gasteiger partial charge in [0.2, 0.25) is 0 Å². The first-order valence-electron chi connectivity index (χ1n) is 8.19. The molecule has 1 amide bonds. The average Bonchev–Trinajstić information content (AvgIpc) is 2.63. The highest BCUT2D eigenvalue weighted by atomic mass is 35.5. The van der Waals surface area contributed by atoms with E-state index in [2.05, 4.69) is 10.3 Å². The Balaban J connectivity index is 1.79. The molecule has 5 nitrogen and oxygen atoms in total. The Morgan fingerprint density at radius 1 is 1.07 bits per heavy atom. The lowest BCUT2D eigenvalue weighted by atomic mass is 10.1. The van der Waals surface area contributed by atoms with Crippen LogP contribution >= 0.6 is 23.2 Å². The Morgan fingerprint density at radius 3 is 2.44 bits per heavy atom. The van der Waals surface area contributed by atoms with Crippen molar-refractivity contribution in [2.75, 3.05) is 5.32 Å². The van der Waals surface area contributed by atoms with E-state index in [-0.39, 0.29) is 5.69 Å². The zero-order chi connectivity index (χ0) is 19.6. The maximum absolute atomic E-state index is 12.6. The first-order chi connectivity index (χ1) is 12.9. The van der Waals surface area contributed by atoms with Gasteiger partial charge < -0.3 is 10.1 Å². The number of rotatable bonds is 4. The number of fused-ring (bicyclic) bond motifs is 1. The fourth-order valence-corrected chi connectivity index (χ4v) is 3.09. The molecular weight excluding hydrogens is 387 g/mol. The van der Waals surface area contributed by atoms with Crippen molar-refractivity contribution >= 4 is 51.7 Å². The van der Waals surface area contributed by atoms with E-state index in [1.165, 1.54) is 6.92 Å². The molecule has 1 N–H and O–H groups in total. The highest BCUT2D eigenvalue weighted by molar-refractivity contribution is 6.39. The second-order valence-electron chi connectivity index (χ2n) is 5.96. The summed E-state index contributed by atoms with van der Waals surface area (Å²) >= 11 is 12.1. The van der Waals surface area contributed by atoms with Crippen LogP contribution in [0.25, 0.3) is 10.9 Å². The zero-order valence-electron chi connectivity index (χ0n) is 14.6. The lowest BCUT2D eigenvalue weighted by Gasteiger charge is -2.16. The second-order valence-corrected chi connectivity index (χ2v) is 6.78. The standard InChI is InChI=1S/C20H16Cl2N2O3/c1-11-10-14(13-6-3-4-9-17(13)23-11)20(26)27-12(2)19(25)24-18-15(21)7-5-8-16(18)22/h3-10,12H,1-2H3,(H,24,25)/t12-/m0/s1. The van der Waals surface area contributed by atoms with Gasteiger partial charge in [-0.1, -0.05) is 47.5 Å². The molecule has 3 aromatic rings. The van der Waals surface area contributed by atoms with Crippen molar-refractivity contribution in [3.63, 3.8) is 0 Å². The smallest absolute Gasteiger partial charge is 0.339 e. The lowest BCUT2D eigenvalue weighted by molar-refractivity contribution is -0.123. The number of para-hydroxylation sites is 2. The van der Waals surface area contributed by atoms with Gasteiger partial charge in [-0.25, -0.2) is 4.79 Å². The molecule has 0 saturated carbocycles. The van der Waals surface area contributed by atoms with Crippen molar-refractivity contribution in [2.45, 2.75) is 20.0 Å². The van der Waals surface area contributed by atoms with Crippen molar-refractivity contribution in [3.05, 3.63) is 69.8 Å². The molecule has 3 rings (SSSR count). The third-order valence-corrected chi connectivity index (χ3v) is 4.56. The number of carbonyl (C=O) groups excluding carboxylic acids is 2. The Labute approximate surface area is 166 Å². The van der Waals surface area contributed by atoms with Gasteiger partial charge >= 0.3 is 5.97 Å². The molecule has 0 aliphatic heterocycles. The predicted octanol–water partition coefficient (Wildman–Crippen LogP) is 5.03. The summed E-state index contributed by atoms with van der Waals surface area (Å²) in [4.78, 5) is 29.4. The summed E-state index contributed by atoms with van der Waals surface area (Å²) < 4.78 is 5.35. The summed E-state index contributed by atoms with van der Waals surface area (Å²) in [7, 11) is 0. The van der Waals surface area contributed by atoms with Crippen LogP contribution in [0, 0.1) is 6.92 Å². The molecule has 0 bridgehead atoms. The molecule has 1 heterocycles. The first-order valence-corrected chi connectivity index (χ1v) is 8.94. The molecule has 0 aliphatic rings. The minimum absolute atomic E-state index is 0.277. The maximum Gasteiger partial charge on any atom is 0.339 e. The number of ether oxygens (including phenoxy) is 1. The van der Waals surface area contributed by atoms with Crippen LogP contribution in [-0.2, 0) is 9.53 Å². The highest BCUT2D eigenvalue weighted by Gasteiger charge is 2.22. The fourth-order valence-electron chi connectivity index (χ4n) is 2.60. The summed E-state index contributed by atoms with van der Waals surface area (Å²) in [5, 5.41) is 3.85. The molecule has 27 heavy (non-hydrogen) atoms. The summed E-state index contributed by atoms with van der Waals surface area (Å²) in [6.07, 6.45) is -1.04. The monoisotopic (exact) mass is 402 g/mol. The Hall–Kier alpha value is -2.63. The first kappa shape index (κ1) is 19.1. The quantitative estimate of drug-likeness (QED) is 0.621. The largest absolute Gasteiger partial charge is 0.449 e. The van der Waals surface area contributed by atoms with Crippen molar-refractivity contribution < 1.29 is 14.3 Å². The summed E-state index contributed by atoms with van der Waals surface area (Å²) in [5.41, 5.74) is 2.00. The number of hydrogen-bond acceptors (Lipinski definition) is 4. The number of nitrogens with zero attached hydrogens (tertiary/aromatic N) is 1. The summed E-state index contributed by atoms with van der Waals surface area (Å²) in [6, 6.07) is 13.8. The van der Waals surface area contributed by atoms with Crippen LogP contribution in [0.2, 0.25) is 10.0 Å². The molecule has 138 valence electrons. The minimum Gasteiger partial charge on any atom is -0.449 e. The van der Waals surface area contributed by atoms with Crippen LogP contribution in [0.15, 0.2) is 48.5 Å². The highest BCUT2D eigenvalue weighted by Crippen LogP contribution is 2.30. The molecule has 1 aromatic heterocycles. The number of hydrogen-bond donors (Lipinski definition) is 1. The molecule has 0 radical (unpaired) electrons. The van der Waals surface area contributed by atoms with E-state index in [0.717, 1.165) is 0 Å². The van der Waals surface area contributed by atoms with Gasteiger partial charge in [-0.15, -0.1) is 0 Å². The number of aromatic nitrogens is 1. The minimum atomic E-state index is -1.04.